The van der Waals surface area contributed by atoms with E-state index >= 15 is 0 Å². The van der Waals surface area contributed by atoms with Gasteiger partial charge in [-0.3, -0.25) is 9.89 Å². The van der Waals surface area contributed by atoms with E-state index in [0.29, 0.717) is 5.69 Å². The SMILES string of the molecule is COc1ccc(-c2cc(C(=O)N[C@@H]3CCCc4ccccc43)[nH]n2)cc1. The van der Waals surface area contributed by atoms with Crippen LogP contribution in [0.4, 0.5) is 0 Å². The topological polar surface area (TPSA) is 67.0 Å². The first-order valence-electron chi connectivity index (χ1n) is 8.83. The van der Waals surface area contributed by atoms with Crippen molar-refractivity contribution in [2.24, 2.45) is 0 Å². The summed E-state index contributed by atoms with van der Waals surface area (Å²) in [6.45, 7) is 0. The summed E-state index contributed by atoms with van der Waals surface area (Å²) in [4.78, 5) is 12.7. The number of H-pyrrole nitrogens is 1. The molecule has 0 saturated carbocycles. The monoisotopic (exact) mass is 347 g/mol. The minimum Gasteiger partial charge on any atom is -0.497 e. The fraction of sp³-hybridized carbons (Fsp3) is 0.238. The molecule has 0 bridgehead atoms. The number of carbonyl (C=O) groups is 1. The first-order valence-corrected chi connectivity index (χ1v) is 8.83. The second-order valence-corrected chi connectivity index (χ2v) is 6.51. The quantitative estimate of drug-likeness (QED) is 0.752. The van der Waals surface area contributed by atoms with Crippen molar-refractivity contribution >= 4 is 5.91 Å². The number of fused-ring (bicyclic) bond motifs is 1. The van der Waals surface area contributed by atoms with Crippen LogP contribution in [0.25, 0.3) is 11.3 Å². The van der Waals surface area contributed by atoms with E-state index in [-0.39, 0.29) is 11.9 Å². The van der Waals surface area contributed by atoms with Gasteiger partial charge in [-0.25, -0.2) is 0 Å². The highest BCUT2D eigenvalue weighted by Crippen LogP contribution is 2.29. The van der Waals surface area contributed by atoms with Gasteiger partial charge in [0.25, 0.3) is 5.91 Å². The van der Waals surface area contributed by atoms with Gasteiger partial charge in [0.1, 0.15) is 11.4 Å². The number of amides is 1. The standard InChI is InChI=1S/C21H21N3O2/c1-26-16-11-9-15(10-12-16)19-13-20(24-23-19)21(25)22-18-8-4-6-14-5-2-3-7-17(14)18/h2-3,5,7,9-13,18H,4,6,8H2,1H3,(H,22,25)(H,23,24)/t18-/m1/s1. The normalized spacial score (nSPS) is 16.0. The molecule has 0 radical (unpaired) electrons. The maximum atomic E-state index is 12.7. The summed E-state index contributed by atoms with van der Waals surface area (Å²) in [5.74, 6) is 0.664. The lowest BCUT2D eigenvalue weighted by molar-refractivity contribution is 0.0927. The molecule has 3 aromatic rings. The van der Waals surface area contributed by atoms with Crippen LogP contribution >= 0.6 is 0 Å². The van der Waals surface area contributed by atoms with Crippen LogP contribution in [0.3, 0.4) is 0 Å². The van der Waals surface area contributed by atoms with Crippen molar-refractivity contribution in [3.63, 3.8) is 0 Å². The van der Waals surface area contributed by atoms with Crippen molar-refractivity contribution in [1.82, 2.24) is 15.5 Å². The number of methoxy groups -OCH3 is 1. The predicted octanol–water partition coefficient (Wildman–Crippen LogP) is 3.89. The Kier molecular flexibility index (Phi) is 4.44. The van der Waals surface area contributed by atoms with Crippen molar-refractivity contribution in [1.29, 1.82) is 0 Å². The van der Waals surface area contributed by atoms with E-state index in [4.69, 9.17) is 4.74 Å². The first-order chi connectivity index (χ1) is 12.7. The smallest absolute Gasteiger partial charge is 0.269 e. The Hall–Kier alpha value is -3.08. The summed E-state index contributed by atoms with van der Waals surface area (Å²) in [6, 6.07) is 17.8. The van der Waals surface area contributed by atoms with E-state index in [1.165, 1.54) is 11.1 Å². The maximum Gasteiger partial charge on any atom is 0.269 e. The van der Waals surface area contributed by atoms with Crippen molar-refractivity contribution in [3.8, 4) is 17.0 Å². The third-order valence-electron chi connectivity index (χ3n) is 4.88. The molecule has 0 spiro atoms. The molecule has 4 rings (SSSR count). The van der Waals surface area contributed by atoms with Crippen molar-refractivity contribution < 1.29 is 9.53 Å². The number of carbonyl (C=O) groups excluding carboxylic acids is 1. The molecule has 26 heavy (non-hydrogen) atoms. The van der Waals surface area contributed by atoms with Crippen LogP contribution in [0.5, 0.6) is 5.75 Å². The Morgan fingerprint density at radius 2 is 2.00 bits per heavy atom. The van der Waals surface area contributed by atoms with E-state index in [1.807, 2.05) is 30.3 Å². The Morgan fingerprint density at radius 1 is 1.19 bits per heavy atom. The largest absolute Gasteiger partial charge is 0.497 e. The van der Waals surface area contributed by atoms with Crippen LogP contribution in [0.1, 0.15) is 40.5 Å². The van der Waals surface area contributed by atoms with Crippen LogP contribution in [-0.2, 0) is 6.42 Å². The second kappa shape index (κ2) is 7.04. The first kappa shape index (κ1) is 16.4. The van der Waals surface area contributed by atoms with E-state index < -0.39 is 0 Å². The van der Waals surface area contributed by atoms with Crippen LogP contribution < -0.4 is 10.1 Å². The van der Waals surface area contributed by atoms with Gasteiger partial charge in [0.2, 0.25) is 0 Å². The lowest BCUT2D eigenvalue weighted by atomic mass is 9.87. The van der Waals surface area contributed by atoms with Crippen molar-refractivity contribution in [2.45, 2.75) is 25.3 Å². The Labute approximate surface area is 152 Å². The number of nitrogens with zero attached hydrogens (tertiary/aromatic N) is 1. The van der Waals surface area contributed by atoms with E-state index in [9.17, 15) is 4.79 Å². The van der Waals surface area contributed by atoms with Gasteiger partial charge in [-0.15, -0.1) is 0 Å². The van der Waals surface area contributed by atoms with Gasteiger partial charge in [-0.1, -0.05) is 24.3 Å². The molecule has 0 aliphatic heterocycles. The summed E-state index contributed by atoms with van der Waals surface area (Å²) in [5.41, 5.74) is 4.69. The lowest BCUT2D eigenvalue weighted by Gasteiger charge is -2.26. The fourth-order valence-electron chi connectivity index (χ4n) is 3.49. The van der Waals surface area contributed by atoms with Crippen LogP contribution in [-0.4, -0.2) is 23.2 Å². The number of aromatic nitrogens is 2. The molecule has 5 nitrogen and oxygen atoms in total. The number of hydrogen-bond donors (Lipinski definition) is 2. The van der Waals surface area contributed by atoms with Gasteiger partial charge in [-0.05, 0) is 60.7 Å². The van der Waals surface area contributed by atoms with Crippen molar-refractivity contribution in [2.75, 3.05) is 7.11 Å². The molecule has 1 amide bonds. The molecule has 1 atom stereocenters. The van der Waals surface area contributed by atoms with Crippen LogP contribution in [0, 0.1) is 0 Å². The fourth-order valence-corrected chi connectivity index (χ4v) is 3.49. The minimum absolute atomic E-state index is 0.0557. The molecule has 1 aliphatic carbocycles. The molecule has 132 valence electrons. The van der Waals surface area contributed by atoms with Gasteiger partial charge in [-0.2, -0.15) is 5.10 Å². The average Bonchev–Trinajstić information content (AvgIpc) is 3.19. The maximum absolute atomic E-state index is 12.7. The van der Waals surface area contributed by atoms with E-state index in [0.717, 1.165) is 36.3 Å². The number of hydrogen-bond acceptors (Lipinski definition) is 3. The van der Waals surface area contributed by atoms with Crippen LogP contribution in [0.2, 0.25) is 0 Å². The zero-order chi connectivity index (χ0) is 17.9. The summed E-state index contributed by atoms with van der Waals surface area (Å²) in [7, 11) is 1.63. The Balaban J connectivity index is 1.50. The zero-order valence-corrected chi connectivity index (χ0v) is 14.7. The predicted molar refractivity (Wildman–Crippen MR) is 100 cm³/mol. The summed E-state index contributed by atoms with van der Waals surface area (Å²) >= 11 is 0. The molecule has 1 aromatic heterocycles. The molecule has 0 fully saturated rings. The molecule has 2 aromatic carbocycles. The third kappa shape index (κ3) is 3.20. The average molecular weight is 347 g/mol. The highest BCUT2D eigenvalue weighted by Gasteiger charge is 2.22. The molecule has 2 N–H and O–H groups in total. The van der Waals surface area contributed by atoms with E-state index in [1.54, 1.807) is 13.2 Å². The van der Waals surface area contributed by atoms with Crippen molar-refractivity contribution in [3.05, 3.63) is 71.4 Å². The number of benzene rings is 2. The molecule has 1 heterocycles. The van der Waals surface area contributed by atoms with Crippen LogP contribution in [0.15, 0.2) is 54.6 Å². The molecule has 0 unspecified atom stereocenters. The van der Waals surface area contributed by atoms with Gasteiger partial charge in [0.05, 0.1) is 18.8 Å². The lowest BCUT2D eigenvalue weighted by Crippen LogP contribution is -2.31. The van der Waals surface area contributed by atoms with E-state index in [2.05, 4.69) is 33.7 Å². The summed E-state index contributed by atoms with van der Waals surface area (Å²) in [5, 5.41) is 10.3. The Morgan fingerprint density at radius 3 is 2.81 bits per heavy atom. The highest BCUT2D eigenvalue weighted by molar-refractivity contribution is 5.93. The third-order valence-corrected chi connectivity index (χ3v) is 4.88. The minimum atomic E-state index is -0.126. The summed E-state index contributed by atoms with van der Waals surface area (Å²) in [6.07, 6.45) is 3.12. The second-order valence-electron chi connectivity index (χ2n) is 6.51. The molecule has 0 saturated heterocycles. The number of aromatic amines is 1. The van der Waals surface area contributed by atoms with Gasteiger partial charge >= 0.3 is 0 Å². The number of rotatable bonds is 4. The van der Waals surface area contributed by atoms with Gasteiger partial charge in [0, 0.05) is 5.56 Å². The molecular weight excluding hydrogens is 326 g/mol. The number of nitrogens with one attached hydrogen (secondary N) is 2. The van der Waals surface area contributed by atoms with Gasteiger partial charge < -0.3 is 10.1 Å². The van der Waals surface area contributed by atoms with Gasteiger partial charge in [0.15, 0.2) is 0 Å². The zero-order valence-electron chi connectivity index (χ0n) is 14.7. The number of aryl methyl sites for hydroxylation is 1. The Bertz CT molecular complexity index is 915. The molecule has 1 aliphatic rings. The molecular formula is C21H21N3O2. The summed E-state index contributed by atoms with van der Waals surface area (Å²) < 4.78 is 5.17. The number of ether oxygens (including phenoxy) is 1. The molecule has 5 heteroatoms. The highest BCUT2D eigenvalue weighted by atomic mass is 16.5.